The van der Waals surface area contributed by atoms with Gasteiger partial charge in [0.1, 0.15) is 0 Å². The van der Waals surface area contributed by atoms with Gasteiger partial charge in [0, 0.05) is 0 Å². The van der Waals surface area contributed by atoms with Crippen LogP contribution in [0, 0.1) is 11.8 Å². The topological polar surface area (TPSA) is 26.3 Å². The molecule has 0 radical (unpaired) electrons. The van der Waals surface area contributed by atoms with E-state index in [1.54, 1.807) is 0 Å². The Labute approximate surface area is 81.0 Å². The van der Waals surface area contributed by atoms with Crippen molar-refractivity contribution >= 4 is 5.97 Å². The number of hydrogen-bond acceptors (Lipinski definition) is 2. The van der Waals surface area contributed by atoms with E-state index in [2.05, 4.69) is 13.5 Å². The molecule has 0 aromatic heterocycles. The van der Waals surface area contributed by atoms with Crippen LogP contribution in [0.5, 0.6) is 0 Å². The molecule has 0 heterocycles. The van der Waals surface area contributed by atoms with Crippen LogP contribution in [0.2, 0.25) is 0 Å². The van der Waals surface area contributed by atoms with Crippen LogP contribution in [0.4, 0.5) is 0 Å². The molecule has 0 spiro atoms. The van der Waals surface area contributed by atoms with Gasteiger partial charge < -0.3 is 4.74 Å². The van der Waals surface area contributed by atoms with Crippen LogP contribution in [0.25, 0.3) is 0 Å². The Hall–Kier alpha value is -0.790. The highest BCUT2D eigenvalue weighted by molar-refractivity contribution is 5.72. The summed E-state index contributed by atoms with van der Waals surface area (Å²) >= 11 is 0. The standard InChI is InChI=1S/C11H20O2/c1-5-8-10(6-2)9(4)11(12)13-7-3/h6,9-10H,2,5,7-8H2,1,3-4H3/t9-,10-/m1/s1. The van der Waals surface area contributed by atoms with Gasteiger partial charge in [-0.2, -0.15) is 0 Å². The van der Waals surface area contributed by atoms with Gasteiger partial charge in [-0.25, -0.2) is 0 Å². The van der Waals surface area contributed by atoms with Crippen molar-refractivity contribution in [1.82, 2.24) is 0 Å². The summed E-state index contributed by atoms with van der Waals surface area (Å²) < 4.78 is 4.95. The summed E-state index contributed by atoms with van der Waals surface area (Å²) in [6.07, 6.45) is 3.93. The SMILES string of the molecule is C=C[C@H](CCC)[C@@H](C)C(=O)OCC. The first kappa shape index (κ1) is 12.2. The molecule has 2 heteroatoms. The predicted octanol–water partition coefficient (Wildman–Crippen LogP) is 2.79. The minimum atomic E-state index is -0.110. The van der Waals surface area contributed by atoms with Crippen molar-refractivity contribution in [3.63, 3.8) is 0 Å². The van der Waals surface area contributed by atoms with Crippen LogP contribution in [-0.4, -0.2) is 12.6 Å². The fourth-order valence-electron chi connectivity index (χ4n) is 1.35. The molecular formula is C11H20O2. The molecule has 76 valence electrons. The molecule has 2 atom stereocenters. The van der Waals surface area contributed by atoms with E-state index in [1.165, 1.54) is 0 Å². The molecule has 0 aromatic rings. The smallest absolute Gasteiger partial charge is 0.309 e. The second-order valence-electron chi connectivity index (χ2n) is 3.23. The zero-order valence-corrected chi connectivity index (χ0v) is 8.88. The van der Waals surface area contributed by atoms with E-state index >= 15 is 0 Å². The third-order valence-corrected chi connectivity index (χ3v) is 2.23. The summed E-state index contributed by atoms with van der Waals surface area (Å²) in [6, 6.07) is 0. The first-order valence-corrected chi connectivity index (χ1v) is 4.96. The number of rotatable bonds is 6. The molecule has 0 N–H and O–H groups in total. The van der Waals surface area contributed by atoms with Gasteiger partial charge in [0.25, 0.3) is 0 Å². The monoisotopic (exact) mass is 184 g/mol. The van der Waals surface area contributed by atoms with Gasteiger partial charge in [-0.15, -0.1) is 6.58 Å². The molecule has 13 heavy (non-hydrogen) atoms. The van der Waals surface area contributed by atoms with E-state index in [4.69, 9.17) is 4.74 Å². The average Bonchev–Trinajstić information content (AvgIpc) is 2.13. The van der Waals surface area contributed by atoms with Crippen LogP contribution in [0.3, 0.4) is 0 Å². The van der Waals surface area contributed by atoms with Crippen LogP contribution in [0.1, 0.15) is 33.6 Å². The number of esters is 1. The van der Waals surface area contributed by atoms with E-state index in [0.717, 1.165) is 12.8 Å². The van der Waals surface area contributed by atoms with Crippen molar-refractivity contribution in [2.45, 2.75) is 33.6 Å². The molecular weight excluding hydrogens is 164 g/mol. The Balaban J connectivity index is 4.09. The van der Waals surface area contributed by atoms with Gasteiger partial charge in [-0.1, -0.05) is 26.3 Å². The lowest BCUT2D eigenvalue weighted by Gasteiger charge is -2.18. The molecule has 0 unspecified atom stereocenters. The molecule has 0 aliphatic rings. The maximum atomic E-state index is 11.3. The Bertz CT molecular complexity index is 163. The van der Waals surface area contributed by atoms with Crippen molar-refractivity contribution in [3.8, 4) is 0 Å². The molecule has 0 saturated carbocycles. The molecule has 0 saturated heterocycles. The molecule has 0 aromatic carbocycles. The minimum Gasteiger partial charge on any atom is -0.466 e. The lowest BCUT2D eigenvalue weighted by atomic mass is 9.90. The number of carbonyl (C=O) groups excluding carboxylic acids is 1. The minimum absolute atomic E-state index is 0.0580. The largest absolute Gasteiger partial charge is 0.466 e. The van der Waals surface area contributed by atoms with E-state index in [0.29, 0.717) is 6.61 Å². The second kappa shape index (κ2) is 6.70. The Morgan fingerprint density at radius 2 is 2.15 bits per heavy atom. The van der Waals surface area contributed by atoms with Gasteiger partial charge >= 0.3 is 5.97 Å². The normalized spacial score (nSPS) is 14.7. The van der Waals surface area contributed by atoms with Crippen LogP contribution in [0.15, 0.2) is 12.7 Å². The predicted molar refractivity (Wildman–Crippen MR) is 54.4 cm³/mol. The van der Waals surface area contributed by atoms with Gasteiger partial charge in [-0.3, -0.25) is 4.79 Å². The maximum absolute atomic E-state index is 11.3. The fourth-order valence-corrected chi connectivity index (χ4v) is 1.35. The van der Waals surface area contributed by atoms with E-state index < -0.39 is 0 Å². The highest BCUT2D eigenvalue weighted by atomic mass is 16.5. The molecule has 0 bridgehead atoms. The Morgan fingerprint density at radius 1 is 1.54 bits per heavy atom. The Kier molecular flexibility index (Phi) is 6.29. The van der Waals surface area contributed by atoms with Gasteiger partial charge in [-0.05, 0) is 19.3 Å². The first-order chi connectivity index (χ1) is 6.17. The van der Waals surface area contributed by atoms with Crippen LogP contribution in [-0.2, 0) is 9.53 Å². The van der Waals surface area contributed by atoms with Gasteiger partial charge in [0.15, 0.2) is 0 Å². The number of hydrogen-bond donors (Lipinski definition) is 0. The third-order valence-electron chi connectivity index (χ3n) is 2.23. The van der Waals surface area contributed by atoms with Gasteiger partial charge in [0.2, 0.25) is 0 Å². The summed E-state index contributed by atoms with van der Waals surface area (Å²) in [5, 5.41) is 0. The average molecular weight is 184 g/mol. The quantitative estimate of drug-likeness (QED) is 0.468. The van der Waals surface area contributed by atoms with Crippen LogP contribution >= 0.6 is 0 Å². The molecule has 2 nitrogen and oxygen atoms in total. The summed E-state index contributed by atoms with van der Waals surface area (Å²) in [4.78, 5) is 11.3. The number of ether oxygens (including phenoxy) is 1. The number of allylic oxidation sites excluding steroid dienone is 1. The summed E-state index contributed by atoms with van der Waals surface area (Å²) in [5.74, 6) is 0.0855. The number of carbonyl (C=O) groups is 1. The fraction of sp³-hybridized carbons (Fsp3) is 0.727. The molecule has 0 aliphatic carbocycles. The molecule has 0 rings (SSSR count). The zero-order chi connectivity index (χ0) is 10.3. The van der Waals surface area contributed by atoms with Crippen molar-refractivity contribution < 1.29 is 9.53 Å². The van der Waals surface area contributed by atoms with Crippen molar-refractivity contribution in [2.24, 2.45) is 11.8 Å². The highest BCUT2D eigenvalue weighted by Crippen LogP contribution is 2.19. The van der Waals surface area contributed by atoms with Gasteiger partial charge in [0.05, 0.1) is 12.5 Å². The molecule has 0 aliphatic heterocycles. The zero-order valence-electron chi connectivity index (χ0n) is 8.88. The summed E-state index contributed by atoms with van der Waals surface area (Å²) in [7, 11) is 0. The molecule has 0 amide bonds. The maximum Gasteiger partial charge on any atom is 0.309 e. The van der Waals surface area contributed by atoms with Crippen LogP contribution < -0.4 is 0 Å². The highest BCUT2D eigenvalue weighted by Gasteiger charge is 2.21. The van der Waals surface area contributed by atoms with Crippen molar-refractivity contribution in [1.29, 1.82) is 0 Å². The van der Waals surface area contributed by atoms with Crippen molar-refractivity contribution in [3.05, 3.63) is 12.7 Å². The Morgan fingerprint density at radius 3 is 2.54 bits per heavy atom. The summed E-state index contributed by atoms with van der Waals surface area (Å²) in [5.41, 5.74) is 0. The summed E-state index contributed by atoms with van der Waals surface area (Å²) in [6.45, 7) is 10.0. The first-order valence-electron chi connectivity index (χ1n) is 4.96. The third kappa shape index (κ3) is 4.11. The van der Waals surface area contributed by atoms with Crippen molar-refractivity contribution in [2.75, 3.05) is 6.61 Å². The van der Waals surface area contributed by atoms with E-state index in [9.17, 15) is 4.79 Å². The van der Waals surface area contributed by atoms with E-state index in [-0.39, 0.29) is 17.8 Å². The van der Waals surface area contributed by atoms with E-state index in [1.807, 2.05) is 19.9 Å². The lowest BCUT2D eigenvalue weighted by molar-refractivity contribution is -0.148. The lowest BCUT2D eigenvalue weighted by Crippen LogP contribution is -2.21. The molecule has 0 fully saturated rings. The second-order valence-corrected chi connectivity index (χ2v) is 3.23.